The maximum absolute atomic E-state index is 11.3. The number of rotatable bonds is 4. The van der Waals surface area contributed by atoms with Crippen molar-refractivity contribution in [3.63, 3.8) is 0 Å². The molecule has 0 unspecified atom stereocenters. The van der Waals surface area contributed by atoms with E-state index in [2.05, 4.69) is 6.58 Å². The Morgan fingerprint density at radius 2 is 1.94 bits per heavy atom. The van der Waals surface area contributed by atoms with Crippen LogP contribution in [0.1, 0.15) is 20.3 Å². The van der Waals surface area contributed by atoms with Gasteiger partial charge in [0.1, 0.15) is 0 Å². The van der Waals surface area contributed by atoms with Gasteiger partial charge >= 0.3 is 0 Å². The number of imide groups is 1. The molecule has 0 radical (unpaired) electrons. The van der Waals surface area contributed by atoms with Gasteiger partial charge in [-0.1, -0.05) is 25.7 Å². The lowest BCUT2D eigenvalue weighted by atomic mass is 10.2. The number of hydrogen-bond acceptors (Lipinski definition) is 2. The Morgan fingerprint density at radius 1 is 1.38 bits per heavy atom. The van der Waals surface area contributed by atoms with Crippen LogP contribution in [0, 0.1) is 0 Å². The Morgan fingerprint density at radius 3 is 2.44 bits per heavy atom. The Bertz CT molecular complexity index is 396. The number of amides is 2. The zero-order chi connectivity index (χ0) is 12.1. The van der Waals surface area contributed by atoms with E-state index in [-0.39, 0.29) is 11.8 Å². The van der Waals surface area contributed by atoms with Gasteiger partial charge in [0.15, 0.2) is 0 Å². The summed E-state index contributed by atoms with van der Waals surface area (Å²) in [5.74, 6) is -0.669. The monoisotopic (exact) mass is 217 g/mol. The third-order valence-corrected chi connectivity index (χ3v) is 2.11. The topological polar surface area (TPSA) is 37.4 Å². The van der Waals surface area contributed by atoms with Crippen molar-refractivity contribution in [3.05, 3.63) is 48.2 Å². The fourth-order valence-corrected chi connectivity index (χ4v) is 1.36. The maximum Gasteiger partial charge on any atom is 0.258 e. The Balaban J connectivity index is 2.76. The molecule has 84 valence electrons. The fourth-order valence-electron chi connectivity index (χ4n) is 1.36. The quantitative estimate of drug-likeness (QED) is 0.535. The van der Waals surface area contributed by atoms with Gasteiger partial charge in [0.2, 0.25) is 0 Å². The number of carbonyl (C=O) groups is 2. The van der Waals surface area contributed by atoms with Gasteiger partial charge in [0, 0.05) is 17.8 Å². The van der Waals surface area contributed by atoms with Crippen LogP contribution >= 0.6 is 0 Å². The van der Waals surface area contributed by atoms with Crippen molar-refractivity contribution in [2.24, 2.45) is 0 Å². The molecule has 16 heavy (non-hydrogen) atoms. The smallest absolute Gasteiger partial charge is 0.258 e. The summed E-state index contributed by atoms with van der Waals surface area (Å²) in [4.78, 5) is 23.7. The molecule has 0 saturated carbocycles. The minimum atomic E-state index is -0.335. The highest BCUT2D eigenvalue weighted by molar-refractivity contribution is 6.14. The molecular weight excluding hydrogens is 202 g/mol. The lowest BCUT2D eigenvalue weighted by Crippen LogP contribution is -2.27. The van der Waals surface area contributed by atoms with Gasteiger partial charge in [-0.2, -0.15) is 0 Å². The molecule has 0 fully saturated rings. The molecule has 0 bridgehead atoms. The molecule has 0 saturated heterocycles. The third kappa shape index (κ3) is 2.79. The van der Waals surface area contributed by atoms with Gasteiger partial charge < -0.3 is 0 Å². The van der Waals surface area contributed by atoms with Crippen molar-refractivity contribution < 1.29 is 9.59 Å². The molecule has 2 amide bonds. The van der Waals surface area contributed by atoms with Crippen molar-refractivity contribution in [1.29, 1.82) is 0 Å². The average Bonchev–Trinajstić information content (AvgIpc) is 2.55. The van der Waals surface area contributed by atoms with Crippen LogP contribution in [-0.2, 0) is 9.59 Å². The first-order valence-electron chi connectivity index (χ1n) is 5.16. The number of hydrogen-bond donors (Lipinski definition) is 0. The second kappa shape index (κ2) is 5.26. The zero-order valence-corrected chi connectivity index (χ0v) is 9.56. The predicted molar refractivity (Wildman–Crippen MR) is 63.3 cm³/mol. The summed E-state index contributed by atoms with van der Waals surface area (Å²) in [6, 6.07) is 0. The van der Waals surface area contributed by atoms with Crippen LogP contribution in [0.3, 0.4) is 0 Å². The van der Waals surface area contributed by atoms with Crippen LogP contribution in [0.15, 0.2) is 48.2 Å². The second-order valence-electron chi connectivity index (χ2n) is 3.54. The van der Waals surface area contributed by atoms with Crippen molar-refractivity contribution >= 4 is 11.8 Å². The molecule has 3 heteroatoms. The van der Waals surface area contributed by atoms with Gasteiger partial charge in [-0.05, 0) is 25.0 Å². The maximum atomic E-state index is 11.3. The van der Waals surface area contributed by atoms with E-state index >= 15 is 0 Å². The molecule has 1 heterocycles. The van der Waals surface area contributed by atoms with E-state index < -0.39 is 0 Å². The molecular formula is C13H15NO2. The van der Waals surface area contributed by atoms with Crippen LogP contribution in [0.4, 0.5) is 0 Å². The predicted octanol–water partition coefficient (Wildman–Crippen LogP) is 2.34. The Hall–Kier alpha value is -1.90. The molecule has 0 atom stereocenters. The van der Waals surface area contributed by atoms with Crippen molar-refractivity contribution in [3.8, 4) is 0 Å². The second-order valence-corrected chi connectivity index (χ2v) is 3.54. The van der Waals surface area contributed by atoms with E-state index in [9.17, 15) is 9.59 Å². The molecule has 0 spiro atoms. The first kappa shape index (κ1) is 12.2. The standard InChI is InChI=1S/C13H15NO2/c1-4-5-6-10(2)9-11(3)14-12(15)7-8-13(14)16/h5-9H,3-4H2,1-2H3/b6-5-,10-9-. The van der Waals surface area contributed by atoms with Gasteiger partial charge in [0.25, 0.3) is 11.8 Å². The first-order chi connectivity index (χ1) is 7.56. The molecule has 0 aromatic rings. The third-order valence-electron chi connectivity index (χ3n) is 2.11. The van der Waals surface area contributed by atoms with Gasteiger partial charge in [-0.25, -0.2) is 4.90 Å². The largest absolute Gasteiger partial charge is 0.269 e. The van der Waals surface area contributed by atoms with Crippen molar-refractivity contribution in [1.82, 2.24) is 4.90 Å². The summed E-state index contributed by atoms with van der Waals surface area (Å²) < 4.78 is 0. The van der Waals surface area contributed by atoms with Crippen LogP contribution in [0.5, 0.6) is 0 Å². The van der Waals surface area contributed by atoms with Gasteiger partial charge in [0.05, 0.1) is 0 Å². The fraction of sp³-hybridized carbons (Fsp3) is 0.231. The Kier molecular flexibility index (Phi) is 4.00. The van der Waals surface area contributed by atoms with E-state index in [0.29, 0.717) is 5.70 Å². The molecule has 1 aliphatic rings. The average molecular weight is 217 g/mol. The van der Waals surface area contributed by atoms with E-state index in [4.69, 9.17) is 0 Å². The van der Waals surface area contributed by atoms with E-state index in [0.717, 1.165) is 16.9 Å². The lowest BCUT2D eigenvalue weighted by molar-refractivity contribution is -0.134. The minimum Gasteiger partial charge on any atom is -0.269 e. The Labute approximate surface area is 95.4 Å². The summed E-state index contributed by atoms with van der Waals surface area (Å²) >= 11 is 0. The highest BCUT2D eigenvalue weighted by Gasteiger charge is 2.24. The molecule has 0 aromatic heterocycles. The molecule has 0 aliphatic carbocycles. The van der Waals surface area contributed by atoms with Gasteiger partial charge in [-0.3, -0.25) is 9.59 Å². The van der Waals surface area contributed by atoms with Crippen LogP contribution in [0.25, 0.3) is 0 Å². The van der Waals surface area contributed by atoms with Crippen LogP contribution < -0.4 is 0 Å². The molecule has 0 aromatic carbocycles. The van der Waals surface area contributed by atoms with Crippen molar-refractivity contribution in [2.75, 3.05) is 0 Å². The number of nitrogens with zero attached hydrogens (tertiary/aromatic N) is 1. The van der Waals surface area contributed by atoms with E-state index in [1.807, 2.05) is 26.0 Å². The SMILES string of the molecule is C=C(/C=C(C)\C=C/CC)N1C(=O)C=CC1=O. The molecule has 3 nitrogen and oxygen atoms in total. The normalized spacial score (nSPS) is 16.6. The number of allylic oxidation sites excluding steroid dienone is 4. The lowest BCUT2D eigenvalue weighted by Gasteiger charge is -2.13. The zero-order valence-electron chi connectivity index (χ0n) is 9.56. The summed E-state index contributed by atoms with van der Waals surface area (Å²) in [5.41, 5.74) is 1.36. The first-order valence-corrected chi connectivity index (χ1v) is 5.16. The number of carbonyl (C=O) groups excluding carboxylic acids is 2. The van der Waals surface area contributed by atoms with Crippen LogP contribution in [-0.4, -0.2) is 16.7 Å². The van der Waals surface area contributed by atoms with E-state index in [1.54, 1.807) is 6.08 Å². The van der Waals surface area contributed by atoms with Gasteiger partial charge in [-0.15, -0.1) is 0 Å². The summed E-state index contributed by atoms with van der Waals surface area (Å²) in [6.45, 7) is 7.66. The molecule has 1 rings (SSSR count). The van der Waals surface area contributed by atoms with Crippen molar-refractivity contribution in [2.45, 2.75) is 20.3 Å². The van der Waals surface area contributed by atoms with Crippen LogP contribution in [0.2, 0.25) is 0 Å². The minimum absolute atomic E-state index is 0.335. The highest BCUT2D eigenvalue weighted by Crippen LogP contribution is 2.14. The summed E-state index contributed by atoms with van der Waals surface area (Å²) in [6.07, 6.45) is 9.10. The highest BCUT2D eigenvalue weighted by atomic mass is 16.2. The molecule has 1 aliphatic heterocycles. The molecule has 0 N–H and O–H groups in total. The summed E-state index contributed by atoms with van der Waals surface area (Å²) in [7, 11) is 0. The summed E-state index contributed by atoms with van der Waals surface area (Å²) in [5, 5.41) is 0. The van der Waals surface area contributed by atoms with E-state index in [1.165, 1.54) is 12.2 Å².